The number of carboxylic acid groups (broad SMARTS) is 1. The van der Waals surface area contributed by atoms with Crippen molar-refractivity contribution in [1.82, 2.24) is 10.2 Å². The maximum Gasteiger partial charge on any atom is 0.327 e. The number of rotatable bonds is 5. The fraction of sp³-hybridized carbons (Fsp3) is 0.867. The second kappa shape index (κ2) is 4.80. The van der Waals surface area contributed by atoms with E-state index in [4.69, 9.17) is 0 Å². The van der Waals surface area contributed by atoms with E-state index in [0.717, 1.165) is 25.3 Å². The standard InChI is InChI=1S/C15H22N2O3S/c18-13(19)11-7-21-12(9-1-2-9)17(11)14(20)16-8-15(5-6-15)10-3-4-10/h9-12H,1-8H2,(H,16,20)(H,18,19). The summed E-state index contributed by atoms with van der Waals surface area (Å²) < 4.78 is 0. The molecule has 3 aliphatic carbocycles. The Labute approximate surface area is 128 Å². The predicted octanol–water partition coefficient (Wildman–Crippen LogP) is 2.12. The minimum atomic E-state index is -0.871. The molecule has 1 saturated heterocycles. The van der Waals surface area contributed by atoms with E-state index in [-0.39, 0.29) is 11.4 Å². The van der Waals surface area contributed by atoms with E-state index in [1.165, 1.54) is 25.7 Å². The summed E-state index contributed by atoms with van der Waals surface area (Å²) in [5.74, 6) is 0.963. The summed E-state index contributed by atoms with van der Waals surface area (Å²) in [6, 6.07) is -0.812. The number of hydrogen-bond acceptors (Lipinski definition) is 3. The van der Waals surface area contributed by atoms with Crippen molar-refractivity contribution in [2.24, 2.45) is 17.3 Å². The Balaban J connectivity index is 1.41. The number of aliphatic carboxylic acids is 1. The van der Waals surface area contributed by atoms with Crippen molar-refractivity contribution in [3.63, 3.8) is 0 Å². The van der Waals surface area contributed by atoms with Crippen LogP contribution in [0.4, 0.5) is 4.79 Å². The zero-order valence-corrected chi connectivity index (χ0v) is 12.9. The highest BCUT2D eigenvalue weighted by molar-refractivity contribution is 8.00. The molecule has 5 nitrogen and oxygen atoms in total. The fourth-order valence-corrected chi connectivity index (χ4v) is 5.28. The van der Waals surface area contributed by atoms with Crippen LogP contribution >= 0.6 is 11.8 Å². The highest BCUT2D eigenvalue weighted by atomic mass is 32.2. The van der Waals surface area contributed by atoms with Crippen LogP contribution in [0.2, 0.25) is 0 Å². The minimum absolute atomic E-state index is 0.0715. The van der Waals surface area contributed by atoms with Gasteiger partial charge in [-0.1, -0.05) is 0 Å². The van der Waals surface area contributed by atoms with Crippen molar-refractivity contribution in [1.29, 1.82) is 0 Å². The van der Waals surface area contributed by atoms with Gasteiger partial charge in [0.2, 0.25) is 0 Å². The van der Waals surface area contributed by atoms with E-state index >= 15 is 0 Å². The Morgan fingerprint density at radius 2 is 1.95 bits per heavy atom. The maximum atomic E-state index is 12.6. The molecule has 6 heteroatoms. The normalized spacial score (nSPS) is 33.8. The summed E-state index contributed by atoms with van der Waals surface area (Å²) in [5, 5.41) is 12.5. The average molecular weight is 310 g/mol. The molecule has 0 bridgehead atoms. The third kappa shape index (κ3) is 2.51. The number of nitrogens with one attached hydrogen (secondary N) is 1. The topological polar surface area (TPSA) is 69.6 Å². The molecule has 21 heavy (non-hydrogen) atoms. The van der Waals surface area contributed by atoms with Gasteiger partial charge in [-0.15, -0.1) is 11.8 Å². The van der Waals surface area contributed by atoms with Gasteiger partial charge in [0.25, 0.3) is 0 Å². The second-order valence-electron chi connectivity index (χ2n) is 7.12. The number of amides is 2. The summed E-state index contributed by atoms with van der Waals surface area (Å²) in [4.78, 5) is 25.6. The lowest BCUT2D eigenvalue weighted by Crippen LogP contribution is -2.51. The van der Waals surface area contributed by atoms with Gasteiger partial charge in [0, 0.05) is 12.3 Å². The van der Waals surface area contributed by atoms with Gasteiger partial charge in [-0.2, -0.15) is 0 Å². The largest absolute Gasteiger partial charge is 0.480 e. The van der Waals surface area contributed by atoms with Gasteiger partial charge in [-0.25, -0.2) is 9.59 Å². The Kier molecular flexibility index (Phi) is 3.14. The lowest BCUT2D eigenvalue weighted by molar-refractivity contribution is -0.141. The molecule has 0 radical (unpaired) electrons. The Bertz CT molecular complexity index is 472. The van der Waals surface area contributed by atoms with Crippen molar-refractivity contribution >= 4 is 23.8 Å². The maximum absolute atomic E-state index is 12.6. The monoisotopic (exact) mass is 310 g/mol. The van der Waals surface area contributed by atoms with E-state index in [2.05, 4.69) is 5.32 Å². The lowest BCUT2D eigenvalue weighted by atomic mass is 10.0. The molecule has 1 aliphatic heterocycles. The fourth-order valence-electron chi connectivity index (χ4n) is 3.65. The number of thioether (sulfide) groups is 1. The van der Waals surface area contributed by atoms with Gasteiger partial charge in [-0.05, 0) is 55.8 Å². The van der Waals surface area contributed by atoms with Crippen LogP contribution in [0.3, 0.4) is 0 Å². The number of hydrogen-bond donors (Lipinski definition) is 2. The molecule has 3 saturated carbocycles. The summed E-state index contributed by atoms with van der Waals surface area (Å²) in [5.41, 5.74) is 0.357. The van der Waals surface area contributed by atoms with Crippen LogP contribution in [0.25, 0.3) is 0 Å². The van der Waals surface area contributed by atoms with Gasteiger partial charge < -0.3 is 10.4 Å². The van der Waals surface area contributed by atoms with E-state index in [9.17, 15) is 14.7 Å². The second-order valence-corrected chi connectivity index (χ2v) is 8.27. The van der Waals surface area contributed by atoms with Crippen LogP contribution in [0, 0.1) is 17.3 Å². The number of urea groups is 1. The van der Waals surface area contributed by atoms with Gasteiger partial charge >= 0.3 is 12.0 Å². The van der Waals surface area contributed by atoms with Crippen molar-refractivity contribution < 1.29 is 14.7 Å². The molecular weight excluding hydrogens is 288 g/mol. The summed E-state index contributed by atoms with van der Waals surface area (Å²) in [7, 11) is 0. The first-order chi connectivity index (χ1) is 10.1. The Hall–Kier alpha value is -0.910. The zero-order valence-electron chi connectivity index (χ0n) is 12.1. The quantitative estimate of drug-likeness (QED) is 0.816. The smallest absolute Gasteiger partial charge is 0.327 e. The van der Waals surface area contributed by atoms with E-state index in [1.54, 1.807) is 16.7 Å². The molecule has 2 atom stereocenters. The Morgan fingerprint density at radius 3 is 2.48 bits per heavy atom. The number of carbonyl (C=O) groups excluding carboxylic acids is 1. The Morgan fingerprint density at radius 1 is 1.24 bits per heavy atom. The van der Waals surface area contributed by atoms with E-state index in [0.29, 0.717) is 17.1 Å². The van der Waals surface area contributed by atoms with Crippen LogP contribution in [0.1, 0.15) is 38.5 Å². The molecule has 2 amide bonds. The molecule has 4 rings (SSSR count). The minimum Gasteiger partial charge on any atom is -0.480 e. The average Bonchev–Trinajstić information content (AvgIpc) is 3.31. The van der Waals surface area contributed by atoms with E-state index in [1.807, 2.05) is 0 Å². The highest BCUT2D eigenvalue weighted by Gasteiger charge is 2.54. The number of carbonyl (C=O) groups is 2. The first-order valence-corrected chi connectivity index (χ1v) is 9.06. The van der Waals surface area contributed by atoms with Gasteiger partial charge in [-0.3, -0.25) is 4.90 Å². The molecule has 116 valence electrons. The van der Waals surface area contributed by atoms with Crippen LogP contribution in [-0.2, 0) is 4.79 Å². The summed E-state index contributed by atoms with van der Waals surface area (Å²) in [6.07, 6.45) is 7.30. The van der Waals surface area contributed by atoms with Crippen LogP contribution in [-0.4, -0.2) is 45.7 Å². The molecule has 2 N–H and O–H groups in total. The molecule has 4 fully saturated rings. The van der Waals surface area contributed by atoms with Crippen LogP contribution in [0.5, 0.6) is 0 Å². The first kappa shape index (κ1) is 13.7. The predicted molar refractivity (Wildman–Crippen MR) is 80.0 cm³/mol. The molecule has 0 aromatic rings. The molecule has 2 unspecified atom stereocenters. The van der Waals surface area contributed by atoms with Crippen LogP contribution < -0.4 is 5.32 Å². The zero-order chi connectivity index (χ0) is 14.6. The van der Waals surface area contributed by atoms with Gasteiger partial charge in [0.1, 0.15) is 6.04 Å². The molecule has 0 aromatic carbocycles. The third-order valence-electron chi connectivity index (χ3n) is 5.51. The lowest BCUT2D eigenvalue weighted by Gasteiger charge is -2.28. The van der Waals surface area contributed by atoms with Gasteiger partial charge in [0.15, 0.2) is 0 Å². The van der Waals surface area contributed by atoms with Crippen LogP contribution in [0.15, 0.2) is 0 Å². The van der Waals surface area contributed by atoms with Crippen molar-refractivity contribution in [2.45, 2.75) is 49.9 Å². The van der Waals surface area contributed by atoms with Crippen molar-refractivity contribution in [3.05, 3.63) is 0 Å². The molecule has 0 spiro atoms. The molecule has 0 aromatic heterocycles. The SMILES string of the molecule is O=C(O)C1CSC(C2CC2)N1C(=O)NCC1(C2CC2)CC1. The molecular formula is C15H22N2O3S. The molecule has 1 heterocycles. The number of carboxylic acids is 1. The van der Waals surface area contributed by atoms with E-state index < -0.39 is 12.0 Å². The summed E-state index contributed by atoms with van der Waals surface area (Å²) in [6.45, 7) is 0.737. The third-order valence-corrected chi connectivity index (χ3v) is 6.97. The van der Waals surface area contributed by atoms with Gasteiger partial charge in [0.05, 0.1) is 5.37 Å². The first-order valence-electron chi connectivity index (χ1n) is 8.01. The van der Waals surface area contributed by atoms with Crippen molar-refractivity contribution in [3.8, 4) is 0 Å². The van der Waals surface area contributed by atoms with Crippen molar-refractivity contribution in [2.75, 3.05) is 12.3 Å². The molecule has 4 aliphatic rings. The summed E-state index contributed by atoms with van der Waals surface area (Å²) >= 11 is 1.64. The number of nitrogens with zero attached hydrogens (tertiary/aromatic N) is 1. The highest BCUT2D eigenvalue weighted by Crippen LogP contribution is 2.60.